The van der Waals surface area contributed by atoms with E-state index in [9.17, 15) is 14.7 Å². The van der Waals surface area contributed by atoms with Crippen LogP contribution >= 0.6 is 0 Å². The van der Waals surface area contributed by atoms with Crippen molar-refractivity contribution in [3.63, 3.8) is 0 Å². The summed E-state index contributed by atoms with van der Waals surface area (Å²) >= 11 is 0. The molecule has 0 saturated heterocycles. The van der Waals surface area contributed by atoms with Crippen LogP contribution in [0.25, 0.3) is 11.1 Å². The van der Waals surface area contributed by atoms with Crippen molar-refractivity contribution in [2.45, 2.75) is 6.92 Å². The number of carbonyl (C=O) groups is 2. The van der Waals surface area contributed by atoms with Crippen LogP contribution in [0.4, 0.5) is 0 Å². The SMILES string of the molecule is CCOc1ccc(-c2cccc(C(=O)NC)c2)cc1C(=O)O. The normalized spacial score (nSPS) is 10.1. The molecule has 0 saturated carbocycles. The van der Waals surface area contributed by atoms with Crippen molar-refractivity contribution in [3.05, 3.63) is 53.6 Å². The molecule has 0 aliphatic carbocycles. The number of carbonyl (C=O) groups excluding carboxylic acids is 1. The number of amides is 1. The zero-order chi connectivity index (χ0) is 16.1. The highest BCUT2D eigenvalue weighted by molar-refractivity contribution is 5.96. The third kappa shape index (κ3) is 3.25. The van der Waals surface area contributed by atoms with Gasteiger partial charge in [0, 0.05) is 12.6 Å². The van der Waals surface area contributed by atoms with Crippen LogP contribution in [-0.4, -0.2) is 30.6 Å². The fraction of sp³-hybridized carbons (Fsp3) is 0.176. The molecule has 114 valence electrons. The third-order valence-electron chi connectivity index (χ3n) is 3.19. The van der Waals surface area contributed by atoms with Crippen LogP contribution in [-0.2, 0) is 0 Å². The predicted octanol–water partition coefficient (Wildman–Crippen LogP) is 2.81. The van der Waals surface area contributed by atoms with E-state index in [1.54, 1.807) is 50.4 Å². The fourth-order valence-electron chi connectivity index (χ4n) is 2.14. The molecule has 5 heteroatoms. The summed E-state index contributed by atoms with van der Waals surface area (Å²) in [5.41, 5.74) is 2.11. The van der Waals surface area contributed by atoms with Gasteiger partial charge in [-0.05, 0) is 42.3 Å². The van der Waals surface area contributed by atoms with E-state index in [0.29, 0.717) is 23.5 Å². The van der Waals surface area contributed by atoms with Crippen LogP contribution in [0.3, 0.4) is 0 Å². The van der Waals surface area contributed by atoms with E-state index in [4.69, 9.17) is 4.74 Å². The Morgan fingerprint density at radius 2 is 1.86 bits per heavy atom. The van der Waals surface area contributed by atoms with Gasteiger partial charge in [-0.2, -0.15) is 0 Å². The quantitative estimate of drug-likeness (QED) is 0.890. The maximum absolute atomic E-state index is 11.7. The van der Waals surface area contributed by atoms with Crippen molar-refractivity contribution in [3.8, 4) is 16.9 Å². The second-order valence-electron chi connectivity index (χ2n) is 4.61. The number of hydrogen-bond donors (Lipinski definition) is 2. The Hall–Kier alpha value is -2.82. The molecule has 0 atom stereocenters. The molecule has 2 aromatic rings. The molecule has 2 N–H and O–H groups in total. The summed E-state index contributed by atoms with van der Waals surface area (Å²) in [6, 6.07) is 12.0. The Morgan fingerprint density at radius 1 is 1.14 bits per heavy atom. The van der Waals surface area contributed by atoms with Crippen LogP contribution in [0.1, 0.15) is 27.6 Å². The first kappa shape index (κ1) is 15.6. The second kappa shape index (κ2) is 6.76. The molecule has 0 heterocycles. The summed E-state index contributed by atoms with van der Waals surface area (Å²) in [4.78, 5) is 23.0. The molecule has 0 unspecified atom stereocenters. The van der Waals surface area contributed by atoms with Crippen LogP contribution in [0, 0.1) is 0 Å². The standard InChI is InChI=1S/C17H17NO4/c1-3-22-15-8-7-12(10-14(15)17(20)21)11-5-4-6-13(9-11)16(19)18-2/h4-10H,3H2,1-2H3,(H,18,19)(H,20,21). The maximum Gasteiger partial charge on any atom is 0.339 e. The lowest BCUT2D eigenvalue weighted by molar-refractivity contribution is 0.0692. The van der Waals surface area contributed by atoms with Gasteiger partial charge in [0.2, 0.25) is 0 Å². The van der Waals surface area contributed by atoms with Crippen molar-refractivity contribution < 1.29 is 19.4 Å². The molecule has 1 amide bonds. The number of rotatable bonds is 5. The summed E-state index contributed by atoms with van der Waals surface area (Å²) in [6.07, 6.45) is 0. The smallest absolute Gasteiger partial charge is 0.339 e. The van der Waals surface area contributed by atoms with Crippen molar-refractivity contribution in [2.75, 3.05) is 13.7 Å². The zero-order valence-corrected chi connectivity index (χ0v) is 12.4. The lowest BCUT2D eigenvalue weighted by Crippen LogP contribution is -2.17. The van der Waals surface area contributed by atoms with E-state index in [1.807, 2.05) is 6.07 Å². The first-order valence-corrected chi connectivity index (χ1v) is 6.89. The summed E-state index contributed by atoms with van der Waals surface area (Å²) in [7, 11) is 1.56. The molecule has 2 aromatic carbocycles. The van der Waals surface area contributed by atoms with Gasteiger partial charge in [0.15, 0.2) is 0 Å². The maximum atomic E-state index is 11.7. The minimum absolute atomic E-state index is 0.102. The van der Waals surface area contributed by atoms with Gasteiger partial charge in [0.05, 0.1) is 6.61 Å². The third-order valence-corrected chi connectivity index (χ3v) is 3.19. The van der Waals surface area contributed by atoms with Gasteiger partial charge in [-0.15, -0.1) is 0 Å². The van der Waals surface area contributed by atoms with Crippen molar-refractivity contribution in [2.24, 2.45) is 0 Å². The van der Waals surface area contributed by atoms with E-state index in [2.05, 4.69) is 5.32 Å². The summed E-state index contributed by atoms with van der Waals surface area (Å²) in [6.45, 7) is 2.19. The van der Waals surface area contributed by atoms with Gasteiger partial charge in [0.25, 0.3) is 5.91 Å². The Balaban J connectivity index is 2.47. The molecule has 0 fully saturated rings. The van der Waals surface area contributed by atoms with E-state index >= 15 is 0 Å². The van der Waals surface area contributed by atoms with E-state index in [0.717, 1.165) is 5.56 Å². The number of nitrogens with one attached hydrogen (secondary N) is 1. The van der Waals surface area contributed by atoms with Crippen molar-refractivity contribution >= 4 is 11.9 Å². The first-order valence-electron chi connectivity index (χ1n) is 6.89. The lowest BCUT2D eigenvalue weighted by atomic mass is 10.0. The van der Waals surface area contributed by atoms with Gasteiger partial charge in [-0.25, -0.2) is 4.79 Å². The largest absolute Gasteiger partial charge is 0.493 e. The van der Waals surface area contributed by atoms with Gasteiger partial charge >= 0.3 is 5.97 Å². The van der Waals surface area contributed by atoms with E-state index < -0.39 is 5.97 Å². The first-order chi connectivity index (χ1) is 10.6. The van der Waals surface area contributed by atoms with Gasteiger partial charge in [-0.1, -0.05) is 18.2 Å². The van der Waals surface area contributed by atoms with Crippen LogP contribution < -0.4 is 10.1 Å². The van der Waals surface area contributed by atoms with Crippen molar-refractivity contribution in [1.82, 2.24) is 5.32 Å². The van der Waals surface area contributed by atoms with Crippen LogP contribution in [0.2, 0.25) is 0 Å². The molecule has 5 nitrogen and oxygen atoms in total. The molecule has 0 aromatic heterocycles. The summed E-state index contributed by atoms with van der Waals surface area (Å²) in [5.74, 6) is -0.903. The van der Waals surface area contributed by atoms with Gasteiger partial charge < -0.3 is 15.2 Å². The average molecular weight is 299 g/mol. The Bertz CT molecular complexity index is 710. The summed E-state index contributed by atoms with van der Waals surface area (Å²) in [5, 5.41) is 11.9. The molecule has 0 spiro atoms. The number of hydrogen-bond acceptors (Lipinski definition) is 3. The average Bonchev–Trinajstić information content (AvgIpc) is 2.54. The second-order valence-corrected chi connectivity index (χ2v) is 4.61. The molecule has 0 radical (unpaired) electrons. The van der Waals surface area contributed by atoms with Crippen LogP contribution in [0.15, 0.2) is 42.5 Å². The van der Waals surface area contributed by atoms with Gasteiger partial charge in [-0.3, -0.25) is 4.79 Å². The fourth-order valence-corrected chi connectivity index (χ4v) is 2.14. The molecule has 0 aliphatic rings. The Morgan fingerprint density at radius 3 is 2.50 bits per heavy atom. The topological polar surface area (TPSA) is 75.6 Å². The molecule has 2 rings (SSSR count). The highest BCUT2D eigenvalue weighted by atomic mass is 16.5. The summed E-state index contributed by atoms with van der Waals surface area (Å²) < 4.78 is 5.32. The zero-order valence-electron chi connectivity index (χ0n) is 12.4. The number of aromatic carboxylic acids is 1. The van der Waals surface area contributed by atoms with Crippen molar-refractivity contribution in [1.29, 1.82) is 0 Å². The van der Waals surface area contributed by atoms with Gasteiger partial charge in [0.1, 0.15) is 11.3 Å². The molecule has 22 heavy (non-hydrogen) atoms. The lowest BCUT2D eigenvalue weighted by Gasteiger charge is -2.10. The molecule has 0 bridgehead atoms. The predicted molar refractivity (Wildman–Crippen MR) is 83.4 cm³/mol. The Kier molecular flexibility index (Phi) is 4.78. The minimum atomic E-state index is -1.05. The number of ether oxygens (including phenoxy) is 1. The highest BCUT2D eigenvalue weighted by Gasteiger charge is 2.13. The molecular weight excluding hydrogens is 282 g/mol. The molecule has 0 aliphatic heterocycles. The number of carboxylic acids is 1. The van der Waals surface area contributed by atoms with Crippen LogP contribution in [0.5, 0.6) is 5.75 Å². The monoisotopic (exact) mass is 299 g/mol. The van der Waals surface area contributed by atoms with E-state index in [1.165, 1.54) is 0 Å². The Labute approximate surface area is 128 Å². The number of carboxylic acid groups (broad SMARTS) is 1. The minimum Gasteiger partial charge on any atom is -0.493 e. The van der Waals surface area contributed by atoms with E-state index in [-0.39, 0.29) is 11.5 Å². The molecular formula is C17H17NO4. The number of benzene rings is 2. The highest BCUT2D eigenvalue weighted by Crippen LogP contribution is 2.27.